The predicted molar refractivity (Wildman–Crippen MR) is 71.6 cm³/mol. The molecule has 1 atom stereocenters. The third-order valence-corrected chi connectivity index (χ3v) is 2.97. The van der Waals surface area contributed by atoms with Gasteiger partial charge in [-0.05, 0) is 24.6 Å². The number of amides is 2. The fourth-order valence-corrected chi connectivity index (χ4v) is 2.14. The van der Waals surface area contributed by atoms with Gasteiger partial charge < -0.3 is 5.32 Å². The van der Waals surface area contributed by atoms with Crippen molar-refractivity contribution in [1.29, 1.82) is 0 Å². The summed E-state index contributed by atoms with van der Waals surface area (Å²) in [4.78, 5) is 22.8. The van der Waals surface area contributed by atoms with E-state index in [1.807, 2.05) is 31.3 Å². The summed E-state index contributed by atoms with van der Waals surface area (Å²) in [6.07, 6.45) is 1.03. The van der Waals surface area contributed by atoms with Gasteiger partial charge in [-0.15, -0.1) is 12.4 Å². The number of halogens is 1. The minimum absolute atomic E-state index is 0. The van der Waals surface area contributed by atoms with E-state index in [9.17, 15) is 9.59 Å². The number of carbonyl (C=O) groups excluding carboxylic acids is 2. The second kappa shape index (κ2) is 6.52. The van der Waals surface area contributed by atoms with Crippen LogP contribution in [0.15, 0.2) is 24.3 Å². The van der Waals surface area contributed by atoms with Crippen LogP contribution in [-0.4, -0.2) is 18.9 Å². The van der Waals surface area contributed by atoms with Gasteiger partial charge in [0.25, 0.3) is 0 Å². The molecule has 0 aliphatic carbocycles. The van der Waals surface area contributed by atoms with E-state index in [0.717, 1.165) is 17.7 Å². The van der Waals surface area contributed by atoms with E-state index < -0.39 is 0 Å². The number of hydrogen-bond donors (Lipinski definition) is 2. The lowest BCUT2D eigenvalue weighted by atomic mass is 9.89. The Morgan fingerprint density at radius 2 is 2.17 bits per heavy atom. The number of carbonyl (C=O) groups is 2. The van der Waals surface area contributed by atoms with Gasteiger partial charge in [-0.1, -0.05) is 24.3 Å². The first-order valence-electron chi connectivity index (χ1n) is 5.78. The summed E-state index contributed by atoms with van der Waals surface area (Å²) in [5, 5.41) is 5.46. The molecular formula is C13H17ClN2O2. The number of imide groups is 1. The standard InChI is InChI=1S/C13H16N2O2.ClH/c1-14-8-9-3-2-4-10(7-9)11-5-6-12(16)15-13(11)17;/h2-4,7,11,14H,5-6,8H2,1H3,(H,15,16,17);1H. The molecule has 2 N–H and O–H groups in total. The zero-order chi connectivity index (χ0) is 12.3. The normalized spacial score (nSPS) is 19.1. The fraction of sp³-hybridized carbons (Fsp3) is 0.385. The lowest BCUT2D eigenvalue weighted by Gasteiger charge is -2.21. The molecule has 1 aromatic rings. The maximum Gasteiger partial charge on any atom is 0.234 e. The number of rotatable bonds is 3. The van der Waals surface area contributed by atoms with Crippen LogP contribution < -0.4 is 10.6 Å². The van der Waals surface area contributed by atoms with Gasteiger partial charge in [-0.25, -0.2) is 0 Å². The molecule has 0 spiro atoms. The highest BCUT2D eigenvalue weighted by atomic mass is 35.5. The first-order chi connectivity index (χ1) is 8.20. The molecule has 0 saturated carbocycles. The van der Waals surface area contributed by atoms with E-state index >= 15 is 0 Å². The molecule has 1 unspecified atom stereocenters. The van der Waals surface area contributed by atoms with Crippen LogP contribution in [0.1, 0.15) is 29.9 Å². The van der Waals surface area contributed by atoms with Crippen LogP contribution in [0.5, 0.6) is 0 Å². The fourth-order valence-electron chi connectivity index (χ4n) is 2.14. The number of hydrogen-bond acceptors (Lipinski definition) is 3. The van der Waals surface area contributed by atoms with Crippen LogP contribution >= 0.6 is 12.4 Å². The van der Waals surface area contributed by atoms with E-state index in [4.69, 9.17) is 0 Å². The molecule has 0 bridgehead atoms. The second-order valence-electron chi connectivity index (χ2n) is 4.28. The van der Waals surface area contributed by atoms with Gasteiger partial charge in [-0.2, -0.15) is 0 Å². The van der Waals surface area contributed by atoms with Gasteiger partial charge in [0.1, 0.15) is 0 Å². The monoisotopic (exact) mass is 268 g/mol. The van der Waals surface area contributed by atoms with Crippen molar-refractivity contribution in [2.75, 3.05) is 7.05 Å². The van der Waals surface area contributed by atoms with Crippen molar-refractivity contribution < 1.29 is 9.59 Å². The minimum atomic E-state index is -0.190. The molecule has 1 aliphatic rings. The molecule has 2 amide bonds. The van der Waals surface area contributed by atoms with Crippen LogP contribution in [0.2, 0.25) is 0 Å². The zero-order valence-electron chi connectivity index (χ0n) is 10.2. The van der Waals surface area contributed by atoms with Crippen molar-refractivity contribution in [3.63, 3.8) is 0 Å². The number of benzene rings is 1. The molecular weight excluding hydrogens is 252 g/mol. The molecule has 1 saturated heterocycles. The maximum absolute atomic E-state index is 11.7. The Labute approximate surface area is 113 Å². The summed E-state index contributed by atoms with van der Waals surface area (Å²) in [5.74, 6) is -0.537. The quantitative estimate of drug-likeness (QED) is 0.814. The van der Waals surface area contributed by atoms with Gasteiger partial charge in [0.05, 0.1) is 5.92 Å². The summed E-state index contributed by atoms with van der Waals surface area (Å²) in [5.41, 5.74) is 2.14. The Bertz CT molecular complexity index is 448. The average molecular weight is 269 g/mol. The average Bonchev–Trinajstić information content (AvgIpc) is 2.29. The SMILES string of the molecule is CNCc1cccc(C2CCC(=O)NC2=O)c1.Cl. The van der Waals surface area contributed by atoms with E-state index in [0.29, 0.717) is 12.8 Å². The first-order valence-corrected chi connectivity index (χ1v) is 5.78. The summed E-state index contributed by atoms with van der Waals surface area (Å²) in [6.45, 7) is 0.779. The highest BCUT2D eigenvalue weighted by molar-refractivity contribution is 6.00. The van der Waals surface area contributed by atoms with E-state index in [-0.39, 0.29) is 30.1 Å². The van der Waals surface area contributed by atoms with E-state index in [1.165, 1.54) is 0 Å². The smallest absolute Gasteiger partial charge is 0.234 e. The van der Waals surface area contributed by atoms with Crippen molar-refractivity contribution in [2.45, 2.75) is 25.3 Å². The molecule has 4 nitrogen and oxygen atoms in total. The van der Waals surface area contributed by atoms with Crippen molar-refractivity contribution in [1.82, 2.24) is 10.6 Å². The van der Waals surface area contributed by atoms with Crippen LogP contribution in [0.4, 0.5) is 0 Å². The second-order valence-corrected chi connectivity index (χ2v) is 4.28. The number of nitrogens with one attached hydrogen (secondary N) is 2. The topological polar surface area (TPSA) is 58.2 Å². The summed E-state index contributed by atoms with van der Waals surface area (Å²) < 4.78 is 0. The lowest BCUT2D eigenvalue weighted by Crippen LogP contribution is -2.39. The largest absolute Gasteiger partial charge is 0.316 e. The van der Waals surface area contributed by atoms with Crippen LogP contribution in [0, 0.1) is 0 Å². The summed E-state index contributed by atoms with van der Waals surface area (Å²) >= 11 is 0. The predicted octanol–water partition coefficient (Wildman–Crippen LogP) is 1.35. The van der Waals surface area contributed by atoms with Gasteiger partial charge in [0.15, 0.2) is 0 Å². The van der Waals surface area contributed by atoms with Gasteiger partial charge in [0.2, 0.25) is 11.8 Å². The zero-order valence-corrected chi connectivity index (χ0v) is 11.0. The Hall–Kier alpha value is -1.39. The molecule has 1 aliphatic heterocycles. The molecule has 0 radical (unpaired) electrons. The Kier molecular flexibility index (Phi) is 5.31. The molecule has 98 valence electrons. The molecule has 18 heavy (non-hydrogen) atoms. The van der Waals surface area contributed by atoms with Crippen molar-refractivity contribution in [3.05, 3.63) is 35.4 Å². The Morgan fingerprint density at radius 3 is 2.83 bits per heavy atom. The van der Waals surface area contributed by atoms with Crippen LogP contribution in [0.25, 0.3) is 0 Å². The van der Waals surface area contributed by atoms with Crippen LogP contribution in [0.3, 0.4) is 0 Å². The Morgan fingerprint density at radius 1 is 1.39 bits per heavy atom. The summed E-state index contributed by atoms with van der Waals surface area (Å²) in [6, 6.07) is 7.94. The third-order valence-electron chi connectivity index (χ3n) is 2.97. The first kappa shape index (κ1) is 14.7. The van der Waals surface area contributed by atoms with E-state index in [1.54, 1.807) is 0 Å². The lowest BCUT2D eigenvalue weighted by molar-refractivity contribution is -0.134. The summed E-state index contributed by atoms with van der Waals surface area (Å²) in [7, 11) is 1.89. The highest BCUT2D eigenvalue weighted by Crippen LogP contribution is 2.25. The molecule has 1 fully saturated rings. The van der Waals surface area contributed by atoms with Crippen molar-refractivity contribution in [3.8, 4) is 0 Å². The van der Waals surface area contributed by atoms with Gasteiger partial charge in [0, 0.05) is 13.0 Å². The Balaban J connectivity index is 0.00000162. The molecule has 1 aromatic carbocycles. The minimum Gasteiger partial charge on any atom is -0.316 e. The molecule has 5 heteroatoms. The third kappa shape index (κ3) is 3.31. The van der Waals surface area contributed by atoms with Gasteiger partial charge >= 0.3 is 0 Å². The molecule has 0 aromatic heterocycles. The van der Waals surface area contributed by atoms with Crippen LogP contribution in [-0.2, 0) is 16.1 Å². The maximum atomic E-state index is 11.7. The number of piperidine rings is 1. The van der Waals surface area contributed by atoms with Gasteiger partial charge in [-0.3, -0.25) is 14.9 Å². The van der Waals surface area contributed by atoms with Crippen molar-refractivity contribution >= 4 is 24.2 Å². The molecule has 1 heterocycles. The van der Waals surface area contributed by atoms with Crippen molar-refractivity contribution in [2.24, 2.45) is 0 Å². The van der Waals surface area contributed by atoms with E-state index in [2.05, 4.69) is 10.6 Å². The molecule has 2 rings (SSSR count). The highest BCUT2D eigenvalue weighted by Gasteiger charge is 2.27.